The summed E-state index contributed by atoms with van der Waals surface area (Å²) in [6.45, 7) is 1.98. The maximum absolute atomic E-state index is 14.3. The summed E-state index contributed by atoms with van der Waals surface area (Å²) in [6.07, 6.45) is 1.05. The number of amides is 1. The molecule has 2 heterocycles. The standard InChI is InChI=1S/C15H14BrFN2OS/c1-7-4-12(21-15(7)16)14(18)9-5-8-2-3-13(20)19-11(8)6-10(9)17/h4-6,14H,2-3,18H2,1H3,(H,19,20). The Morgan fingerprint density at radius 3 is 2.81 bits per heavy atom. The van der Waals surface area contributed by atoms with E-state index in [1.165, 1.54) is 17.4 Å². The van der Waals surface area contributed by atoms with Gasteiger partial charge in [-0.3, -0.25) is 4.79 Å². The van der Waals surface area contributed by atoms with Crippen LogP contribution in [0, 0.1) is 12.7 Å². The molecule has 0 radical (unpaired) electrons. The molecule has 1 atom stereocenters. The van der Waals surface area contributed by atoms with Gasteiger partial charge in [0, 0.05) is 22.5 Å². The molecule has 110 valence electrons. The number of benzene rings is 1. The monoisotopic (exact) mass is 368 g/mol. The number of carbonyl (C=O) groups excluding carboxylic acids is 1. The Labute approximate surface area is 134 Å². The van der Waals surface area contributed by atoms with Crippen LogP contribution in [0.4, 0.5) is 10.1 Å². The molecule has 0 fully saturated rings. The summed E-state index contributed by atoms with van der Waals surface area (Å²) in [6, 6.07) is 4.62. The lowest BCUT2D eigenvalue weighted by Crippen LogP contribution is -2.21. The lowest BCUT2D eigenvalue weighted by atomic mass is 9.96. The first-order valence-electron chi connectivity index (χ1n) is 6.59. The van der Waals surface area contributed by atoms with Crippen molar-refractivity contribution < 1.29 is 9.18 Å². The smallest absolute Gasteiger partial charge is 0.224 e. The minimum atomic E-state index is -0.497. The average molecular weight is 369 g/mol. The van der Waals surface area contributed by atoms with E-state index < -0.39 is 6.04 Å². The molecule has 21 heavy (non-hydrogen) atoms. The quantitative estimate of drug-likeness (QED) is 0.844. The second-order valence-corrected chi connectivity index (χ2v) is 7.56. The van der Waals surface area contributed by atoms with Crippen LogP contribution in [0.25, 0.3) is 0 Å². The van der Waals surface area contributed by atoms with Crippen LogP contribution in [0.2, 0.25) is 0 Å². The van der Waals surface area contributed by atoms with Gasteiger partial charge in [-0.1, -0.05) is 0 Å². The van der Waals surface area contributed by atoms with Crippen molar-refractivity contribution in [2.45, 2.75) is 25.8 Å². The van der Waals surface area contributed by atoms with Crippen molar-refractivity contribution in [3.63, 3.8) is 0 Å². The molecule has 2 aromatic rings. The van der Waals surface area contributed by atoms with Crippen molar-refractivity contribution in [2.24, 2.45) is 5.73 Å². The van der Waals surface area contributed by atoms with Crippen molar-refractivity contribution in [3.8, 4) is 0 Å². The highest BCUT2D eigenvalue weighted by atomic mass is 79.9. The number of nitrogens with two attached hydrogens (primary N) is 1. The minimum Gasteiger partial charge on any atom is -0.326 e. The zero-order valence-corrected chi connectivity index (χ0v) is 13.8. The van der Waals surface area contributed by atoms with E-state index in [9.17, 15) is 9.18 Å². The van der Waals surface area contributed by atoms with Gasteiger partial charge >= 0.3 is 0 Å². The summed E-state index contributed by atoms with van der Waals surface area (Å²) in [5.41, 5.74) is 9.28. The Bertz CT molecular complexity index is 709. The normalized spacial score (nSPS) is 15.5. The van der Waals surface area contributed by atoms with E-state index in [-0.39, 0.29) is 11.7 Å². The lowest BCUT2D eigenvalue weighted by molar-refractivity contribution is -0.116. The number of aryl methyl sites for hydroxylation is 2. The molecule has 1 aromatic carbocycles. The van der Waals surface area contributed by atoms with Crippen molar-refractivity contribution >= 4 is 38.9 Å². The first-order chi connectivity index (χ1) is 9.95. The Kier molecular flexibility index (Phi) is 3.86. The molecule has 0 spiro atoms. The maximum Gasteiger partial charge on any atom is 0.224 e. The fraction of sp³-hybridized carbons (Fsp3) is 0.267. The molecular weight excluding hydrogens is 355 g/mol. The predicted octanol–water partition coefficient (Wildman–Crippen LogP) is 3.89. The number of rotatable bonds is 2. The van der Waals surface area contributed by atoms with Crippen LogP contribution < -0.4 is 11.1 Å². The Morgan fingerprint density at radius 2 is 2.14 bits per heavy atom. The number of carbonyl (C=O) groups is 1. The van der Waals surface area contributed by atoms with E-state index in [2.05, 4.69) is 21.2 Å². The van der Waals surface area contributed by atoms with Crippen molar-refractivity contribution in [3.05, 3.63) is 49.4 Å². The summed E-state index contributed by atoms with van der Waals surface area (Å²) >= 11 is 4.98. The molecule has 0 saturated carbocycles. The zero-order valence-electron chi connectivity index (χ0n) is 11.4. The topological polar surface area (TPSA) is 55.1 Å². The molecule has 1 aliphatic rings. The summed E-state index contributed by atoms with van der Waals surface area (Å²) < 4.78 is 15.3. The predicted molar refractivity (Wildman–Crippen MR) is 86.1 cm³/mol. The van der Waals surface area contributed by atoms with Gasteiger partial charge in [0.1, 0.15) is 5.82 Å². The van der Waals surface area contributed by atoms with E-state index in [0.29, 0.717) is 24.1 Å². The second-order valence-electron chi connectivity index (χ2n) is 5.16. The van der Waals surface area contributed by atoms with Crippen LogP contribution in [-0.2, 0) is 11.2 Å². The zero-order chi connectivity index (χ0) is 15.1. The van der Waals surface area contributed by atoms with Crippen molar-refractivity contribution in [2.75, 3.05) is 5.32 Å². The SMILES string of the molecule is Cc1cc(C(N)c2cc3c(cc2F)NC(=O)CC3)sc1Br. The third kappa shape index (κ3) is 2.75. The molecule has 3 nitrogen and oxygen atoms in total. The van der Waals surface area contributed by atoms with E-state index in [0.717, 1.165) is 19.8 Å². The fourth-order valence-corrected chi connectivity index (χ4v) is 4.04. The van der Waals surface area contributed by atoms with Crippen LogP contribution >= 0.6 is 27.3 Å². The Morgan fingerprint density at radius 1 is 1.38 bits per heavy atom. The number of fused-ring (bicyclic) bond motifs is 1. The molecule has 0 saturated heterocycles. The third-order valence-corrected chi connectivity index (χ3v) is 5.86. The molecule has 1 amide bonds. The van der Waals surface area contributed by atoms with Gasteiger partial charge in [-0.2, -0.15) is 0 Å². The van der Waals surface area contributed by atoms with Crippen LogP contribution in [0.1, 0.15) is 34.0 Å². The maximum atomic E-state index is 14.3. The molecule has 0 aliphatic carbocycles. The number of halogens is 2. The number of hydrogen-bond acceptors (Lipinski definition) is 3. The van der Waals surface area contributed by atoms with Crippen LogP contribution in [-0.4, -0.2) is 5.91 Å². The second kappa shape index (κ2) is 5.51. The molecule has 0 bridgehead atoms. The molecular formula is C15H14BrFN2OS. The highest BCUT2D eigenvalue weighted by Gasteiger charge is 2.22. The molecule has 1 aromatic heterocycles. The van der Waals surface area contributed by atoms with E-state index in [1.807, 2.05) is 13.0 Å². The van der Waals surface area contributed by atoms with Crippen LogP contribution in [0.5, 0.6) is 0 Å². The van der Waals surface area contributed by atoms with E-state index >= 15 is 0 Å². The molecule has 1 aliphatic heterocycles. The molecule has 6 heteroatoms. The van der Waals surface area contributed by atoms with Crippen LogP contribution in [0.15, 0.2) is 22.0 Å². The van der Waals surface area contributed by atoms with Crippen LogP contribution in [0.3, 0.4) is 0 Å². The van der Waals surface area contributed by atoms with Gasteiger partial charge in [0.15, 0.2) is 0 Å². The van der Waals surface area contributed by atoms with Gasteiger partial charge in [0.05, 0.1) is 9.83 Å². The summed E-state index contributed by atoms with van der Waals surface area (Å²) in [5.74, 6) is -0.456. The summed E-state index contributed by atoms with van der Waals surface area (Å²) in [7, 11) is 0. The van der Waals surface area contributed by atoms with Gasteiger partial charge in [0.25, 0.3) is 0 Å². The van der Waals surface area contributed by atoms with E-state index in [1.54, 1.807) is 6.07 Å². The third-order valence-electron chi connectivity index (χ3n) is 3.64. The van der Waals surface area contributed by atoms with Gasteiger partial charge in [-0.15, -0.1) is 11.3 Å². The number of thiophene rings is 1. The summed E-state index contributed by atoms with van der Waals surface area (Å²) in [4.78, 5) is 12.3. The number of nitrogens with one attached hydrogen (secondary N) is 1. The van der Waals surface area contributed by atoms with Gasteiger partial charge in [0.2, 0.25) is 5.91 Å². The van der Waals surface area contributed by atoms with Gasteiger partial charge in [-0.05, 0) is 58.6 Å². The summed E-state index contributed by atoms with van der Waals surface area (Å²) in [5, 5.41) is 2.70. The number of hydrogen-bond donors (Lipinski definition) is 2. The average Bonchev–Trinajstić information content (AvgIpc) is 2.77. The van der Waals surface area contributed by atoms with Crippen molar-refractivity contribution in [1.29, 1.82) is 0 Å². The lowest BCUT2D eigenvalue weighted by Gasteiger charge is -2.20. The molecule has 3 rings (SSSR count). The first-order valence-corrected chi connectivity index (χ1v) is 8.20. The Hall–Kier alpha value is -1.24. The van der Waals surface area contributed by atoms with Crippen molar-refractivity contribution in [1.82, 2.24) is 0 Å². The highest BCUT2D eigenvalue weighted by Crippen LogP contribution is 2.36. The first kappa shape index (κ1) is 14.7. The van der Waals surface area contributed by atoms with Gasteiger partial charge < -0.3 is 11.1 Å². The van der Waals surface area contributed by atoms with Gasteiger partial charge in [-0.25, -0.2) is 4.39 Å². The largest absolute Gasteiger partial charge is 0.326 e. The Balaban J connectivity index is 2.00. The fourth-order valence-electron chi connectivity index (χ4n) is 2.45. The number of anilines is 1. The molecule has 3 N–H and O–H groups in total. The highest BCUT2D eigenvalue weighted by molar-refractivity contribution is 9.11. The van der Waals surface area contributed by atoms with E-state index in [4.69, 9.17) is 5.73 Å². The minimum absolute atomic E-state index is 0.0724. The molecule has 1 unspecified atom stereocenters.